The molecule has 51 heavy (non-hydrogen) atoms. The minimum atomic E-state index is -0.640. The van der Waals surface area contributed by atoms with Gasteiger partial charge in [-0.15, -0.1) is 0 Å². The fourth-order valence-corrected chi connectivity index (χ4v) is 7.11. The number of benzene rings is 7. The average molecular weight is 666 g/mol. The Balaban J connectivity index is 1.32. The van der Waals surface area contributed by atoms with Crippen LogP contribution >= 0.6 is 0 Å². The SMILES string of the molecule is [2H]c1c([2H])c([2H])c(-c2nc(-c3c([2H])c([2H])c([2H])c4c3oc3c([2H])c([2H])c([2H])c([2H])c34)nc(-n3c4ccccc4c4c3ccc3c5ccccc5n(-c5ccccc5)c34)n2)c([2H])c1[2H]. The fourth-order valence-electron chi connectivity index (χ4n) is 7.11. The number of furan rings is 1. The molecule has 0 aliphatic heterocycles. The lowest BCUT2D eigenvalue weighted by atomic mass is 10.1. The van der Waals surface area contributed by atoms with Crippen LogP contribution in [-0.2, 0) is 0 Å². The van der Waals surface area contributed by atoms with E-state index < -0.39 is 72.5 Å². The second-order valence-electron chi connectivity index (χ2n) is 11.9. The van der Waals surface area contributed by atoms with Crippen molar-refractivity contribution in [2.45, 2.75) is 0 Å². The maximum atomic E-state index is 9.23. The summed E-state index contributed by atoms with van der Waals surface area (Å²) in [5, 5.41) is 3.28. The van der Waals surface area contributed by atoms with Crippen LogP contribution in [0.2, 0.25) is 0 Å². The molecule has 0 aliphatic carbocycles. The third-order valence-corrected chi connectivity index (χ3v) is 9.19. The first-order valence-corrected chi connectivity index (χ1v) is 16.1. The van der Waals surface area contributed by atoms with Crippen molar-refractivity contribution in [3.63, 3.8) is 0 Å². The van der Waals surface area contributed by atoms with E-state index in [4.69, 9.17) is 29.5 Å². The third kappa shape index (κ3) is 4.07. The lowest BCUT2D eigenvalue weighted by Crippen LogP contribution is -2.06. The van der Waals surface area contributed by atoms with Crippen molar-refractivity contribution in [3.8, 4) is 34.4 Å². The molecule has 0 unspecified atom stereocenters. The fraction of sp³-hybridized carbons (Fsp3) is 0. The molecule has 0 N–H and O–H groups in total. The predicted octanol–water partition coefficient (Wildman–Crippen LogP) is 11.3. The summed E-state index contributed by atoms with van der Waals surface area (Å²) in [4.78, 5) is 14.4. The standard InChI is InChI=1S/C45H27N5O/c1-3-14-28(15-4-1)43-46-44(35-22-13-21-33-31-19-9-12-25-39(31)51-42(33)35)48-45(47-43)50-37-24-11-8-20-34(37)40-38(50)27-26-32-30-18-7-10-23-36(30)49(41(32)40)29-16-5-2-6-17-29/h1-27H/i1D,3D,4D,9D,12D,13D,14D,15D,19D,21D,22D,25D. The topological polar surface area (TPSA) is 61.7 Å². The third-order valence-electron chi connectivity index (χ3n) is 9.19. The number of para-hydroxylation sites is 5. The van der Waals surface area contributed by atoms with Crippen LogP contribution < -0.4 is 0 Å². The van der Waals surface area contributed by atoms with Gasteiger partial charge in [-0.2, -0.15) is 9.97 Å². The predicted molar refractivity (Wildman–Crippen MR) is 207 cm³/mol. The molecule has 0 saturated carbocycles. The smallest absolute Gasteiger partial charge is 0.238 e. The van der Waals surface area contributed by atoms with Crippen LogP contribution in [0.5, 0.6) is 0 Å². The van der Waals surface area contributed by atoms with E-state index in [1.54, 1.807) is 4.57 Å². The number of fused-ring (bicyclic) bond motifs is 10. The van der Waals surface area contributed by atoms with E-state index in [0.717, 1.165) is 38.3 Å². The van der Waals surface area contributed by atoms with Gasteiger partial charge in [0.2, 0.25) is 5.95 Å². The molecular formula is C45H27N5O. The zero-order valence-electron chi connectivity index (χ0n) is 38.3. The van der Waals surface area contributed by atoms with Gasteiger partial charge in [-0.25, -0.2) is 4.98 Å². The van der Waals surface area contributed by atoms with E-state index in [0.29, 0.717) is 11.0 Å². The molecule has 11 aromatic rings. The Morgan fingerprint density at radius 3 is 2.06 bits per heavy atom. The van der Waals surface area contributed by atoms with Crippen molar-refractivity contribution in [2.75, 3.05) is 0 Å². The molecule has 7 aromatic carbocycles. The van der Waals surface area contributed by atoms with Crippen LogP contribution in [0.15, 0.2) is 168 Å². The van der Waals surface area contributed by atoms with Gasteiger partial charge in [0.25, 0.3) is 0 Å². The minimum Gasteiger partial charge on any atom is -0.455 e. The Bertz CT molecular complexity index is 3810. The van der Waals surface area contributed by atoms with Gasteiger partial charge in [0.1, 0.15) is 11.2 Å². The van der Waals surface area contributed by atoms with Gasteiger partial charge in [-0.05, 0) is 42.4 Å². The van der Waals surface area contributed by atoms with E-state index in [-0.39, 0.29) is 50.7 Å². The summed E-state index contributed by atoms with van der Waals surface area (Å²) in [6.07, 6.45) is 0. The van der Waals surface area contributed by atoms with Crippen LogP contribution in [0, 0.1) is 0 Å². The van der Waals surface area contributed by atoms with Crippen molar-refractivity contribution in [2.24, 2.45) is 0 Å². The van der Waals surface area contributed by atoms with E-state index in [9.17, 15) is 1.37 Å². The first kappa shape index (κ1) is 18.6. The summed E-state index contributed by atoms with van der Waals surface area (Å²) >= 11 is 0. The van der Waals surface area contributed by atoms with Crippen molar-refractivity contribution in [1.29, 1.82) is 0 Å². The molecular weight excluding hydrogens is 627 g/mol. The summed E-state index contributed by atoms with van der Waals surface area (Å²) < 4.78 is 114. The van der Waals surface area contributed by atoms with Crippen LogP contribution in [-0.4, -0.2) is 24.1 Å². The molecule has 6 heteroatoms. The molecule has 0 atom stereocenters. The lowest BCUT2D eigenvalue weighted by Gasteiger charge is -2.11. The molecule has 0 aliphatic rings. The molecule has 4 heterocycles. The van der Waals surface area contributed by atoms with Gasteiger partial charge < -0.3 is 8.98 Å². The van der Waals surface area contributed by atoms with E-state index in [1.807, 2.05) is 78.9 Å². The summed E-state index contributed by atoms with van der Waals surface area (Å²) in [5.41, 5.74) is 2.80. The molecule has 11 rings (SSSR count). The zero-order valence-corrected chi connectivity index (χ0v) is 26.3. The number of rotatable bonds is 4. The van der Waals surface area contributed by atoms with E-state index in [1.165, 1.54) is 0 Å². The zero-order chi connectivity index (χ0) is 43.9. The highest BCUT2D eigenvalue weighted by molar-refractivity contribution is 6.26. The van der Waals surface area contributed by atoms with Gasteiger partial charge in [-0.3, -0.25) is 4.57 Å². The monoisotopic (exact) mass is 665 g/mol. The van der Waals surface area contributed by atoms with Crippen molar-refractivity contribution < 1.29 is 20.9 Å². The summed E-state index contributed by atoms with van der Waals surface area (Å²) in [6.45, 7) is 0. The molecule has 0 saturated heterocycles. The first-order valence-electron chi connectivity index (χ1n) is 22.1. The molecule has 0 bridgehead atoms. The summed E-state index contributed by atoms with van der Waals surface area (Å²) in [6, 6.07) is 22.5. The minimum absolute atomic E-state index is 0.0934. The van der Waals surface area contributed by atoms with Crippen LogP contribution in [0.3, 0.4) is 0 Å². The van der Waals surface area contributed by atoms with Gasteiger partial charge in [0.15, 0.2) is 11.6 Å². The molecule has 0 spiro atoms. The highest BCUT2D eigenvalue weighted by Gasteiger charge is 2.23. The van der Waals surface area contributed by atoms with Gasteiger partial charge >= 0.3 is 0 Å². The molecule has 0 fully saturated rings. The number of nitrogens with zero attached hydrogens (tertiary/aromatic N) is 5. The summed E-state index contributed by atoms with van der Waals surface area (Å²) in [5.74, 6) is -0.805. The Morgan fingerprint density at radius 2 is 1.20 bits per heavy atom. The number of hydrogen-bond donors (Lipinski definition) is 0. The lowest BCUT2D eigenvalue weighted by molar-refractivity contribution is 0.669. The van der Waals surface area contributed by atoms with Crippen LogP contribution in [0.4, 0.5) is 0 Å². The Kier molecular flexibility index (Phi) is 3.92. The molecule has 238 valence electrons. The van der Waals surface area contributed by atoms with Crippen molar-refractivity contribution in [1.82, 2.24) is 24.1 Å². The van der Waals surface area contributed by atoms with Crippen LogP contribution in [0.1, 0.15) is 16.4 Å². The van der Waals surface area contributed by atoms with Crippen LogP contribution in [0.25, 0.3) is 100.0 Å². The highest BCUT2D eigenvalue weighted by Crippen LogP contribution is 2.42. The maximum Gasteiger partial charge on any atom is 0.238 e. The first-order chi connectivity index (χ1) is 30.3. The second kappa shape index (κ2) is 10.7. The van der Waals surface area contributed by atoms with Gasteiger partial charge in [0, 0.05) is 43.6 Å². The average Bonchev–Trinajstić information content (AvgIpc) is 3.97. The van der Waals surface area contributed by atoms with E-state index >= 15 is 0 Å². The van der Waals surface area contributed by atoms with Crippen molar-refractivity contribution in [3.05, 3.63) is 164 Å². The number of hydrogen-bond acceptors (Lipinski definition) is 4. The Hall–Kier alpha value is -7.05. The summed E-state index contributed by atoms with van der Waals surface area (Å²) in [7, 11) is 0. The van der Waals surface area contributed by atoms with Gasteiger partial charge in [-0.1, -0.05) is 121 Å². The molecule has 0 radical (unpaired) electrons. The van der Waals surface area contributed by atoms with Crippen molar-refractivity contribution >= 4 is 65.6 Å². The highest BCUT2D eigenvalue weighted by atomic mass is 16.3. The molecule has 6 nitrogen and oxygen atoms in total. The molecule has 4 aromatic heterocycles. The largest absolute Gasteiger partial charge is 0.455 e. The second-order valence-corrected chi connectivity index (χ2v) is 11.9. The van der Waals surface area contributed by atoms with Gasteiger partial charge in [0.05, 0.1) is 44.1 Å². The van der Waals surface area contributed by atoms with E-state index in [2.05, 4.69) is 21.7 Å². The normalized spacial score (nSPS) is 15.2. The quantitative estimate of drug-likeness (QED) is 0.188. The molecule has 0 amide bonds. The Morgan fingerprint density at radius 1 is 0.490 bits per heavy atom. The Labute approximate surface area is 308 Å². The maximum absolute atomic E-state index is 9.23. The number of aromatic nitrogens is 5.